The second kappa shape index (κ2) is 8.03. The molecule has 0 spiro atoms. The molecule has 2 aromatic rings. The third-order valence-corrected chi connectivity index (χ3v) is 4.34. The van der Waals surface area contributed by atoms with Crippen molar-refractivity contribution in [3.05, 3.63) is 41.2 Å². The van der Waals surface area contributed by atoms with Gasteiger partial charge in [0.25, 0.3) is 5.91 Å². The lowest BCUT2D eigenvalue weighted by molar-refractivity contribution is 0.0944. The second-order valence-corrected chi connectivity index (χ2v) is 6.48. The fraction of sp³-hybridized carbons (Fsp3) is 0.421. The summed E-state index contributed by atoms with van der Waals surface area (Å²) in [5.41, 5.74) is 2.58. The van der Waals surface area contributed by atoms with Crippen LogP contribution in [0.2, 0.25) is 0 Å². The first kappa shape index (κ1) is 18.0. The Kier molecular flexibility index (Phi) is 5.55. The van der Waals surface area contributed by atoms with E-state index in [0.717, 1.165) is 37.1 Å². The lowest BCUT2D eigenvalue weighted by Crippen LogP contribution is -2.27. The van der Waals surface area contributed by atoms with Crippen molar-refractivity contribution >= 4 is 17.9 Å². The molecule has 0 bridgehead atoms. The maximum atomic E-state index is 12.5. The molecule has 1 aliphatic carbocycles. The number of nitrogens with zero attached hydrogens (tertiary/aromatic N) is 4. The van der Waals surface area contributed by atoms with Crippen LogP contribution in [0.5, 0.6) is 0 Å². The van der Waals surface area contributed by atoms with Gasteiger partial charge in [-0.3, -0.25) is 9.59 Å². The number of aromatic nitrogens is 3. The van der Waals surface area contributed by atoms with Crippen molar-refractivity contribution in [1.82, 2.24) is 20.3 Å². The predicted molar refractivity (Wildman–Crippen MR) is 99.2 cm³/mol. The number of carbonyl (C=O) groups is 2. The second-order valence-electron chi connectivity index (χ2n) is 6.48. The van der Waals surface area contributed by atoms with Crippen LogP contribution in [0.15, 0.2) is 29.3 Å². The Morgan fingerprint density at radius 1 is 1.31 bits per heavy atom. The largest absolute Gasteiger partial charge is 0.348 e. The van der Waals surface area contributed by atoms with Crippen molar-refractivity contribution in [2.45, 2.75) is 45.1 Å². The number of amides is 1. The molecule has 0 atom stereocenters. The van der Waals surface area contributed by atoms with Gasteiger partial charge in [-0.25, -0.2) is 4.68 Å². The highest BCUT2D eigenvalue weighted by Crippen LogP contribution is 2.21. The van der Waals surface area contributed by atoms with E-state index in [1.165, 1.54) is 6.92 Å². The Hall–Kier alpha value is -2.83. The molecular weight excluding hydrogens is 330 g/mol. The van der Waals surface area contributed by atoms with E-state index in [1.54, 1.807) is 23.9 Å². The predicted octanol–water partition coefficient (Wildman–Crippen LogP) is 2.39. The molecule has 7 nitrogen and oxygen atoms in total. The van der Waals surface area contributed by atoms with Gasteiger partial charge in [-0.05, 0) is 69.5 Å². The minimum Gasteiger partial charge on any atom is -0.348 e. The molecule has 0 radical (unpaired) electrons. The molecule has 26 heavy (non-hydrogen) atoms. The maximum absolute atomic E-state index is 12.5. The molecule has 1 heterocycles. The maximum Gasteiger partial charge on any atom is 0.273 e. The average Bonchev–Trinajstić information content (AvgIpc) is 3.35. The fourth-order valence-electron chi connectivity index (χ4n) is 2.72. The van der Waals surface area contributed by atoms with Crippen LogP contribution in [-0.4, -0.2) is 46.0 Å². The number of rotatable bonds is 8. The first-order valence-electron chi connectivity index (χ1n) is 8.87. The summed E-state index contributed by atoms with van der Waals surface area (Å²) in [5.74, 6) is -0.156. The molecule has 0 saturated heterocycles. The number of nitrogens with one attached hydrogen (secondary N) is 1. The number of benzene rings is 1. The van der Waals surface area contributed by atoms with E-state index >= 15 is 0 Å². The van der Waals surface area contributed by atoms with Crippen LogP contribution < -0.4 is 5.32 Å². The third-order valence-electron chi connectivity index (χ3n) is 4.34. The minimum absolute atomic E-state index is 0.0127. The lowest BCUT2D eigenvalue weighted by atomic mass is 10.1. The zero-order valence-corrected chi connectivity index (χ0v) is 15.1. The molecule has 0 unspecified atom stereocenters. The van der Waals surface area contributed by atoms with E-state index in [1.807, 2.05) is 18.3 Å². The van der Waals surface area contributed by atoms with Gasteiger partial charge in [-0.2, -0.15) is 0 Å². The molecule has 1 fully saturated rings. The summed E-state index contributed by atoms with van der Waals surface area (Å²) in [7, 11) is 1.75. The minimum atomic E-state index is -0.168. The van der Waals surface area contributed by atoms with E-state index in [9.17, 15) is 9.59 Å². The Bertz CT molecular complexity index is 819. The molecule has 1 aromatic carbocycles. The highest BCUT2D eigenvalue weighted by molar-refractivity contribution is 5.94. The van der Waals surface area contributed by atoms with Gasteiger partial charge in [0, 0.05) is 18.7 Å². The van der Waals surface area contributed by atoms with Crippen molar-refractivity contribution in [1.29, 1.82) is 0 Å². The van der Waals surface area contributed by atoms with E-state index in [-0.39, 0.29) is 17.7 Å². The SMILES string of the molecule is CN=CCCCc1c(C(=O)NC2CC2)nnn1-c1ccc(C(C)=O)cc1. The molecule has 1 saturated carbocycles. The summed E-state index contributed by atoms with van der Waals surface area (Å²) in [6, 6.07) is 7.44. The zero-order chi connectivity index (χ0) is 18.5. The van der Waals surface area contributed by atoms with E-state index in [2.05, 4.69) is 20.6 Å². The summed E-state index contributed by atoms with van der Waals surface area (Å²) in [6.07, 6.45) is 6.25. The summed E-state index contributed by atoms with van der Waals surface area (Å²) < 4.78 is 1.69. The Labute approximate surface area is 152 Å². The molecule has 7 heteroatoms. The van der Waals surface area contributed by atoms with Crippen LogP contribution in [0.4, 0.5) is 0 Å². The monoisotopic (exact) mass is 353 g/mol. The van der Waals surface area contributed by atoms with Gasteiger partial charge < -0.3 is 10.3 Å². The van der Waals surface area contributed by atoms with Gasteiger partial charge in [0.15, 0.2) is 11.5 Å². The highest BCUT2D eigenvalue weighted by Gasteiger charge is 2.27. The Morgan fingerprint density at radius 3 is 2.65 bits per heavy atom. The van der Waals surface area contributed by atoms with Crippen LogP contribution in [0.25, 0.3) is 5.69 Å². The van der Waals surface area contributed by atoms with Gasteiger partial charge >= 0.3 is 0 Å². The summed E-state index contributed by atoms with van der Waals surface area (Å²) in [5, 5.41) is 11.3. The van der Waals surface area contributed by atoms with Crippen molar-refractivity contribution in [2.75, 3.05) is 7.05 Å². The number of aliphatic imine (C=N–C) groups is 1. The average molecular weight is 353 g/mol. The van der Waals surface area contributed by atoms with Gasteiger partial charge in [0.1, 0.15) is 0 Å². The van der Waals surface area contributed by atoms with Crippen molar-refractivity contribution in [2.24, 2.45) is 4.99 Å². The van der Waals surface area contributed by atoms with Crippen molar-refractivity contribution in [3.63, 3.8) is 0 Å². The van der Waals surface area contributed by atoms with Crippen molar-refractivity contribution in [3.8, 4) is 5.69 Å². The normalized spacial score (nSPS) is 13.9. The van der Waals surface area contributed by atoms with Crippen LogP contribution in [-0.2, 0) is 6.42 Å². The highest BCUT2D eigenvalue weighted by atomic mass is 16.2. The lowest BCUT2D eigenvalue weighted by Gasteiger charge is -2.08. The molecule has 3 rings (SSSR count). The number of hydrogen-bond acceptors (Lipinski definition) is 5. The Balaban J connectivity index is 1.88. The molecule has 1 amide bonds. The Morgan fingerprint density at radius 2 is 2.04 bits per heavy atom. The number of Topliss-reactive ketones (excluding diaryl/α,β-unsaturated/α-hetero) is 1. The quantitative estimate of drug-likeness (QED) is 0.448. The smallest absolute Gasteiger partial charge is 0.273 e. The fourth-order valence-corrected chi connectivity index (χ4v) is 2.72. The van der Waals surface area contributed by atoms with Crippen LogP contribution in [0.1, 0.15) is 59.1 Å². The number of ketones is 1. The molecule has 0 aliphatic heterocycles. The third kappa shape index (κ3) is 4.22. The standard InChI is InChI=1S/C19H23N5O2/c1-13(25)14-6-10-16(11-7-14)24-17(5-3-4-12-20-2)18(22-23-24)19(26)21-15-8-9-15/h6-7,10-12,15H,3-5,8-9H2,1-2H3,(H,21,26). The number of carbonyl (C=O) groups excluding carboxylic acids is 2. The topological polar surface area (TPSA) is 89.2 Å². The number of hydrogen-bond donors (Lipinski definition) is 1. The van der Waals surface area contributed by atoms with Crippen molar-refractivity contribution < 1.29 is 9.59 Å². The molecule has 1 aromatic heterocycles. The van der Waals surface area contributed by atoms with Gasteiger partial charge in [0.2, 0.25) is 0 Å². The summed E-state index contributed by atoms with van der Waals surface area (Å²) >= 11 is 0. The molecule has 136 valence electrons. The van der Waals surface area contributed by atoms with Crippen LogP contribution in [0.3, 0.4) is 0 Å². The first-order chi connectivity index (χ1) is 12.6. The number of unbranched alkanes of at least 4 members (excludes halogenated alkanes) is 1. The van der Waals surface area contributed by atoms with Gasteiger partial charge in [-0.1, -0.05) is 5.21 Å². The zero-order valence-electron chi connectivity index (χ0n) is 15.1. The van der Waals surface area contributed by atoms with Crippen LogP contribution >= 0.6 is 0 Å². The van der Waals surface area contributed by atoms with E-state index in [0.29, 0.717) is 17.7 Å². The van der Waals surface area contributed by atoms with Gasteiger partial charge in [-0.15, -0.1) is 5.10 Å². The van der Waals surface area contributed by atoms with E-state index in [4.69, 9.17) is 0 Å². The summed E-state index contributed by atoms with van der Waals surface area (Å²) in [4.78, 5) is 28.0. The van der Waals surface area contributed by atoms with E-state index < -0.39 is 0 Å². The summed E-state index contributed by atoms with van der Waals surface area (Å²) in [6.45, 7) is 1.53. The molecular formula is C19H23N5O2. The van der Waals surface area contributed by atoms with Gasteiger partial charge in [0.05, 0.1) is 11.4 Å². The molecule has 1 aliphatic rings. The molecule has 1 N–H and O–H groups in total. The first-order valence-corrected chi connectivity index (χ1v) is 8.87. The van der Waals surface area contributed by atoms with Crippen LogP contribution in [0, 0.1) is 0 Å².